The van der Waals surface area contributed by atoms with Gasteiger partial charge in [-0.2, -0.15) is 0 Å². The second-order valence-corrected chi connectivity index (χ2v) is 6.05. The van der Waals surface area contributed by atoms with Gasteiger partial charge in [0.15, 0.2) is 5.65 Å². The first-order valence-corrected chi connectivity index (χ1v) is 7.90. The van der Waals surface area contributed by atoms with Crippen molar-refractivity contribution in [3.8, 4) is 11.3 Å². The maximum Gasteiger partial charge on any atom is 0.154 e. The summed E-state index contributed by atoms with van der Waals surface area (Å²) in [5.74, 6) is 0.963. The van der Waals surface area contributed by atoms with Crippen molar-refractivity contribution in [2.75, 3.05) is 11.9 Å². The average Bonchev–Trinajstić information content (AvgIpc) is 3.02. The summed E-state index contributed by atoms with van der Waals surface area (Å²) in [5.41, 5.74) is 3.14. The molecule has 0 amide bonds. The van der Waals surface area contributed by atoms with Crippen molar-refractivity contribution in [3.63, 3.8) is 0 Å². The van der Waals surface area contributed by atoms with Crippen LogP contribution in [0.3, 0.4) is 0 Å². The molecule has 0 saturated heterocycles. The van der Waals surface area contributed by atoms with E-state index in [1.54, 1.807) is 22.8 Å². The molecule has 0 bridgehead atoms. The molecule has 3 aromatic rings. The summed E-state index contributed by atoms with van der Waals surface area (Å²) in [5, 5.41) is 17.3. The Labute approximate surface area is 140 Å². The second kappa shape index (κ2) is 6.80. The molecule has 0 aliphatic rings. The molecule has 0 aliphatic heterocycles. The van der Waals surface area contributed by atoms with Crippen LogP contribution in [0, 0.1) is 5.92 Å². The lowest BCUT2D eigenvalue weighted by Gasteiger charge is -2.20. The molecule has 24 heavy (non-hydrogen) atoms. The van der Waals surface area contributed by atoms with Crippen molar-refractivity contribution < 1.29 is 9.90 Å². The van der Waals surface area contributed by atoms with E-state index in [1.165, 1.54) is 0 Å². The first-order chi connectivity index (χ1) is 11.6. The summed E-state index contributed by atoms with van der Waals surface area (Å²) in [6, 6.07) is 11.0. The van der Waals surface area contributed by atoms with Gasteiger partial charge in [-0.15, -0.1) is 5.10 Å². The smallest absolute Gasteiger partial charge is 0.154 e. The van der Waals surface area contributed by atoms with Crippen LogP contribution < -0.4 is 5.32 Å². The summed E-state index contributed by atoms with van der Waals surface area (Å²) in [7, 11) is 0. The summed E-state index contributed by atoms with van der Waals surface area (Å²) < 4.78 is 1.76. The van der Waals surface area contributed by atoms with E-state index in [9.17, 15) is 9.90 Å². The number of aliphatic hydroxyl groups is 1. The van der Waals surface area contributed by atoms with Crippen LogP contribution in [0.1, 0.15) is 24.2 Å². The van der Waals surface area contributed by atoms with Crippen LogP contribution in [0.2, 0.25) is 0 Å². The monoisotopic (exact) mass is 324 g/mol. The number of hydrogen-bond acceptors (Lipinski definition) is 5. The molecule has 1 atom stereocenters. The fourth-order valence-corrected chi connectivity index (χ4v) is 2.49. The van der Waals surface area contributed by atoms with E-state index in [0.29, 0.717) is 11.4 Å². The molecule has 3 rings (SSSR count). The number of fused-ring (bicyclic) bond motifs is 1. The SMILES string of the molecule is CC(C)[C@@H](CO)Nc1ccc2ncc(-c3ccc(C=O)cc3)n2n1. The van der Waals surface area contributed by atoms with E-state index >= 15 is 0 Å². The van der Waals surface area contributed by atoms with E-state index in [4.69, 9.17) is 0 Å². The van der Waals surface area contributed by atoms with Gasteiger partial charge < -0.3 is 10.4 Å². The molecule has 6 heteroatoms. The van der Waals surface area contributed by atoms with Gasteiger partial charge in [0, 0.05) is 11.1 Å². The molecular weight excluding hydrogens is 304 g/mol. The molecule has 0 saturated carbocycles. The normalized spacial score (nSPS) is 12.5. The lowest BCUT2D eigenvalue weighted by atomic mass is 10.1. The van der Waals surface area contributed by atoms with Crippen molar-refractivity contribution in [2.45, 2.75) is 19.9 Å². The molecule has 0 spiro atoms. The van der Waals surface area contributed by atoms with Gasteiger partial charge in [0.05, 0.1) is 24.5 Å². The van der Waals surface area contributed by atoms with Crippen LogP contribution in [0.4, 0.5) is 5.82 Å². The largest absolute Gasteiger partial charge is 0.394 e. The molecule has 2 N–H and O–H groups in total. The van der Waals surface area contributed by atoms with Crippen LogP contribution in [-0.2, 0) is 0 Å². The summed E-state index contributed by atoms with van der Waals surface area (Å²) >= 11 is 0. The highest BCUT2D eigenvalue weighted by molar-refractivity contribution is 5.76. The van der Waals surface area contributed by atoms with Crippen LogP contribution in [0.15, 0.2) is 42.6 Å². The number of carbonyl (C=O) groups excluding carboxylic acids is 1. The Bertz CT molecular complexity index is 840. The van der Waals surface area contributed by atoms with E-state index in [0.717, 1.165) is 23.2 Å². The first kappa shape index (κ1) is 16.1. The maximum atomic E-state index is 10.8. The highest BCUT2D eigenvalue weighted by Crippen LogP contribution is 2.21. The average molecular weight is 324 g/mol. The van der Waals surface area contributed by atoms with Crippen molar-refractivity contribution >= 4 is 17.8 Å². The Morgan fingerprint density at radius 2 is 1.96 bits per heavy atom. The van der Waals surface area contributed by atoms with Crippen molar-refractivity contribution in [3.05, 3.63) is 48.2 Å². The number of nitrogens with one attached hydrogen (secondary N) is 1. The number of aliphatic hydroxyl groups excluding tert-OH is 1. The predicted molar refractivity (Wildman–Crippen MR) is 93.1 cm³/mol. The topological polar surface area (TPSA) is 79.5 Å². The molecule has 2 heterocycles. The minimum Gasteiger partial charge on any atom is -0.394 e. The van der Waals surface area contributed by atoms with Gasteiger partial charge >= 0.3 is 0 Å². The number of hydrogen-bond donors (Lipinski definition) is 2. The van der Waals surface area contributed by atoms with E-state index in [2.05, 4.69) is 15.4 Å². The Hall–Kier alpha value is -2.73. The molecule has 6 nitrogen and oxygen atoms in total. The quantitative estimate of drug-likeness (QED) is 0.681. The molecular formula is C18H20N4O2. The molecule has 1 aromatic carbocycles. The highest BCUT2D eigenvalue weighted by atomic mass is 16.3. The minimum absolute atomic E-state index is 0.0430. The van der Waals surface area contributed by atoms with Gasteiger partial charge in [-0.05, 0) is 18.1 Å². The van der Waals surface area contributed by atoms with Crippen LogP contribution >= 0.6 is 0 Å². The zero-order chi connectivity index (χ0) is 17.1. The Morgan fingerprint density at radius 3 is 2.58 bits per heavy atom. The number of anilines is 1. The van der Waals surface area contributed by atoms with E-state index in [-0.39, 0.29) is 18.6 Å². The second-order valence-electron chi connectivity index (χ2n) is 6.05. The Balaban J connectivity index is 1.97. The number of benzene rings is 1. The van der Waals surface area contributed by atoms with Crippen molar-refractivity contribution in [1.29, 1.82) is 0 Å². The maximum absolute atomic E-state index is 10.8. The number of nitrogens with zero attached hydrogens (tertiary/aromatic N) is 3. The number of carbonyl (C=O) groups is 1. The van der Waals surface area contributed by atoms with Crippen LogP contribution in [0.5, 0.6) is 0 Å². The van der Waals surface area contributed by atoms with Crippen molar-refractivity contribution in [1.82, 2.24) is 14.6 Å². The van der Waals surface area contributed by atoms with Crippen LogP contribution in [0.25, 0.3) is 16.9 Å². The molecule has 124 valence electrons. The standard InChI is InChI=1S/C18H20N4O2/c1-12(2)15(11-24)20-17-7-8-18-19-9-16(22(18)21-17)14-5-3-13(10-23)4-6-14/h3-10,12,15,24H,11H2,1-2H3,(H,20,21)/t15-/m1/s1. The molecule has 0 aliphatic carbocycles. The first-order valence-electron chi connectivity index (χ1n) is 7.90. The van der Waals surface area contributed by atoms with E-state index < -0.39 is 0 Å². The minimum atomic E-state index is -0.0613. The third kappa shape index (κ3) is 3.14. The molecule has 2 aromatic heterocycles. The molecule has 0 fully saturated rings. The summed E-state index contributed by atoms with van der Waals surface area (Å²) in [6.07, 6.45) is 2.58. The molecule has 0 unspecified atom stereocenters. The predicted octanol–water partition coefficient (Wildman–Crippen LogP) is 2.64. The summed E-state index contributed by atoms with van der Waals surface area (Å²) in [6.45, 7) is 4.13. The lowest BCUT2D eigenvalue weighted by Crippen LogP contribution is -2.30. The number of imidazole rings is 1. The van der Waals surface area contributed by atoms with Gasteiger partial charge in [0.2, 0.25) is 0 Å². The third-order valence-electron chi connectivity index (χ3n) is 4.04. The van der Waals surface area contributed by atoms with Gasteiger partial charge in [-0.3, -0.25) is 4.79 Å². The Morgan fingerprint density at radius 1 is 1.21 bits per heavy atom. The number of rotatable bonds is 6. The van der Waals surface area contributed by atoms with Gasteiger partial charge in [-0.25, -0.2) is 9.50 Å². The zero-order valence-corrected chi connectivity index (χ0v) is 13.7. The van der Waals surface area contributed by atoms with E-state index in [1.807, 2.05) is 38.1 Å². The Kier molecular flexibility index (Phi) is 4.57. The fraction of sp³-hybridized carbons (Fsp3) is 0.278. The zero-order valence-electron chi connectivity index (χ0n) is 13.7. The number of aldehydes is 1. The molecule has 0 radical (unpaired) electrons. The van der Waals surface area contributed by atoms with Crippen LogP contribution in [-0.4, -0.2) is 38.6 Å². The van der Waals surface area contributed by atoms with Gasteiger partial charge in [0.25, 0.3) is 0 Å². The van der Waals surface area contributed by atoms with Gasteiger partial charge in [0.1, 0.15) is 12.1 Å². The number of aromatic nitrogens is 3. The third-order valence-corrected chi connectivity index (χ3v) is 4.04. The summed E-state index contributed by atoms with van der Waals surface area (Å²) in [4.78, 5) is 15.2. The highest BCUT2D eigenvalue weighted by Gasteiger charge is 2.14. The van der Waals surface area contributed by atoms with Gasteiger partial charge in [-0.1, -0.05) is 38.1 Å². The lowest BCUT2D eigenvalue weighted by molar-refractivity contribution is 0.112. The van der Waals surface area contributed by atoms with Crippen molar-refractivity contribution in [2.24, 2.45) is 5.92 Å². The fourth-order valence-electron chi connectivity index (χ4n) is 2.49.